The van der Waals surface area contributed by atoms with Crippen molar-refractivity contribution in [3.8, 4) is 0 Å². The third-order valence-electron chi connectivity index (χ3n) is 2.59. The highest BCUT2D eigenvalue weighted by molar-refractivity contribution is 7.99. The number of anilines is 2. The minimum Gasteiger partial charge on any atom is -0.397 e. The lowest BCUT2D eigenvalue weighted by Gasteiger charge is -2.08. The fraction of sp³-hybridized carbons (Fsp3) is 0.133. The number of nitrogens with one attached hydrogen (secondary N) is 1. The quantitative estimate of drug-likeness (QED) is 0.838. The van der Waals surface area contributed by atoms with Crippen molar-refractivity contribution in [2.24, 2.45) is 0 Å². The minimum absolute atomic E-state index is 0.120. The predicted octanol–water partition coefficient (Wildman–Crippen LogP) is 3.69. The third-order valence-corrected chi connectivity index (χ3v) is 3.59. The fourth-order valence-corrected chi connectivity index (χ4v) is 2.52. The van der Waals surface area contributed by atoms with E-state index in [4.69, 9.17) is 5.73 Å². The van der Waals surface area contributed by atoms with Crippen LogP contribution in [0.1, 0.15) is 12.5 Å². The van der Waals surface area contributed by atoms with E-state index in [0.717, 1.165) is 9.79 Å². The van der Waals surface area contributed by atoms with E-state index in [2.05, 4.69) is 36.5 Å². The Kier molecular flexibility index (Phi) is 4.12. The molecule has 0 heterocycles. The number of amides is 1. The van der Waals surface area contributed by atoms with Crippen molar-refractivity contribution in [1.29, 1.82) is 0 Å². The predicted molar refractivity (Wildman–Crippen MR) is 80.5 cm³/mol. The molecule has 0 radical (unpaired) electrons. The van der Waals surface area contributed by atoms with Gasteiger partial charge in [-0.1, -0.05) is 29.5 Å². The molecule has 4 heteroatoms. The van der Waals surface area contributed by atoms with Crippen molar-refractivity contribution in [2.45, 2.75) is 23.6 Å². The largest absolute Gasteiger partial charge is 0.397 e. The second kappa shape index (κ2) is 5.80. The Morgan fingerprint density at radius 1 is 1.11 bits per heavy atom. The summed E-state index contributed by atoms with van der Waals surface area (Å²) in [7, 11) is 0. The van der Waals surface area contributed by atoms with Crippen LogP contribution in [0.3, 0.4) is 0 Å². The third kappa shape index (κ3) is 3.76. The van der Waals surface area contributed by atoms with Crippen molar-refractivity contribution in [3.63, 3.8) is 0 Å². The zero-order valence-electron chi connectivity index (χ0n) is 10.9. The topological polar surface area (TPSA) is 55.1 Å². The summed E-state index contributed by atoms with van der Waals surface area (Å²) in [6, 6.07) is 14.0. The van der Waals surface area contributed by atoms with Gasteiger partial charge in [0.2, 0.25) is 5.91 Å². The lowest BCUT2D eigenvalue weighted by atomic mass is 10.2. The second-order valence-electron chi connectivity index (χ2n) is 4.35. The fourth-order valence-electron chi connectivity index (χ4n) is 1.65. The van der Waals surface area contributed by atoms with E-state index in [1.807, 2.05) is 18.2 Å². The first kappa shape index (κ1) is 13.5. The highest BCUT2D eigenvalue weighted by Crippen LogP contribution is 2.31. The Bertz CT molecular complexity index is 594. The Balaban J connectivity index is 2.15. The van der Waals surface area contributed by atoms with Crippen LogP contribution in [0.2, 0.25) is 0 Å². The van der Waals surface area contributed by atoms with E-state index in [1.165, 1.54) is 12.5 Å². The van der Waals surface area contributed by atoms with Crippen LogP contribution in [0.4, 0.5) is 11.4 Å². The molecule has 0 aliphatic rings. The highest BCUT2D eigenvalue weighted by atomic mass is 32.2. The van der Waals surface area contributed by atoms with Crippen molar-refractivity contribution in [1.82, 2.24) is 0 Å². The first-order chi connectivity index (χ1) is 9.04. The van der Waals surface area contributed by atoms with Gasteiger partial charge in [-0.2, -0.15) is 0 Å². The molecule has 0 bridgehead atoms. The van der Waals surface area contributed by atoms with Gasteiger partial charge in [-0.25, -0.2) is 0 Å². The number of rotatable bonds is 3. The molecule has 0 unspecified atom stereocenters. The number of nitrogen functional groups attached to an aromatic ring is 1. The van der Waals surface area contributed by atoms with E-state index >= 15 is 0 Å². The molecule has 3 nitrogen and oxygen atoms in total. The smallest absolute Gasteiger partial charge is 0.221 e. The Labute approximate surface area is 117 Å². The zero-order valence-corrected chi connectivity index (χ0v) is 11.8. The van der Waals surface area contributed by atoms with Crippen LogP contribution in [0.25, 0.3) is 0 Å². The summed E-state index contributed by atoms with van der Waals surface area (Å²) in [6.45, 7) is 3.53. The van der Waals surface area contributed by atoms with Crippen LogP contribution in [0, 0.1) is 6.92 Å². The van der Waals surface area contributed by atoms with E-state index in [9.17, 15) is 4.79 Å². The maximum absolute atomic E-state index is 11.0. The van der Waals surface area contributed by atoms with Gasteiger partial charge in [0.1, 0.15) is 0 Å². The molecule has 0 atom stereocenters. The number of carbonyl (C=O) groups excluding carboxylic acids is 1. The Hall–Kier alpha value is -1.94. The normalized spacial score (nSPS) is 10.2. The molecule has 0 aromatic heterocycles. The molecule has 2 aromatic rings. The molecule has 0 saturated heterocycles. The van der Waals surface area contributed by atoms with Crippen LogP contribution in [0.5, 0.6) is 0 Å². The van der Waals surface area contributed by atoms with Gasteiger partial charge in [0.25, 0.3) is 0 Å². The number of benzene rings is 2. The molecule has 0 spiro atoms. The summed E-state index contributed by atoms with van der Waals surface area (Å²) in [5, 5.41) is 2.70. The van der Waals surface area contributed by atoms with Gasteiger partial charge in [0, 0.05) is 16.7 Å². The SMILES string of the molecule is CC(=O)Nc1ccc(Sc2ccc(C)cc2)cc1N. The first-order valence-electron chi connectivity index (χ1n) is 5.96. The van der Waals surface area contributed by atoms with E-state index in [0.29, 0.717) is 11.4 Å². The monoisotopic (exact) mass is 272 g/mol. The van der Waals surface area contributed by atoms with Crippen molar-refractivity contribution in [2.75, 3.05) is 11.1 Å². The number of aryl methyl sites for hydroxylation is 1. The van der Waals surface area contributed by atoms with Crippen molar-refractivity contribution >= 4 is 29.0 Å². The average molecular weight is 272 g/mol. The number of hydrogen-bond acceptors (Lipinski definition) is 3. The van der Waals surface area contributed by atoms with Gasteiger partial charge >= 0.3 is 0 Å². The van der Waals surface area contributed by atoms with Crippen LogP contribution in [-0.2, 0) is 4.79 Å². The summed E-state index contributed by atoms with van der Waals surface area (Å²) in [5.41, 5.74) is 8.39. The molecular formula is C15H16N2OS. The molecule has 2 aromatic carbocycles. The van der Waals surface area contributed by atoms with Gasteiger partial charge in [-0.15, -0.1) is 0 Å². The molecular weight excluding hydrogens is 256 g/mol. The summed E-state index contributed by atoms with van der Waals surface area (Å²) < 4.78 is 0. The van der Waals surface area contributed by atoms with Crippen LogP contribution >= 0.6 is 11.8 Å². The maximum Gasteiger partial charge on any atom is 0.221 e. The lowest BCUT2D eigenvalue weighted by molar-refractivity contribution is -0.114. The molecule has 0 aliphatic carbocycles. The van der Waals surface area contributed by atoms with Crippen LogP contribution < -0.4 is 11.1 Å². The molecule has 0 fully saturated rings. The molecule has 1 amide bonds. The van der Waals surface area contributed by atoms with E-state index in [1.54, 1.807) is 11.8 Å². The zero-order chi connectivity index (χ0) is 13.8. The summed E-state index contributed by atoms with van der Waals surface area (Å²) in [5.74, 6) is -0.120. The lowest BCUT2D eigenvalue weighted by Crippen LogP contribution is -2.07. The average Bonchev–Trinajstić information content (AvgIpc) is 2.35. The Morgan fingerprint density at radius 2 is 1.74 bits per heavy atom. The van der Waals surface area contributed by atoms with E-state index in [-0.39, 0.29) is 5.91 Å². The van der Waals surface area contributed by atoms with Crippen molar-refractivity contribution < 1.29 is 4.79 Å². The molecule has 0 aliphatic heterocycles. The summed E-state index contributed by atoms with van der Waals surface area (Å²) in [6.07, 6.45) is 0. The molecule has 3 N–H and O–H groups in total. The molecule has 2 rings (SSSR count). The summed E-state index contributed by atoms with van der Waals surface area (Å²) >= 11 is 1.65. The molecule has 0 saturated carbocycles. The standard InChI is InChI=1S/C15H16N2OS/c1-10-3-5-12(6-4-10)19-13-7-8-15(14(16)9-13)17-11(2)18/h3-9H,16H2,1-2H3,(H,17,18). The second-order valence-corrected chi connectivity index (χ2v) is 5.49. The van der Waals surface area contributed by atoms with E-state index < -0.39 is 0 Å². The highest BCUT2D eigenvalue weighted by Gasteiger charge is 2.04. The number of carbonyl (C=O) groups is 1. The first-order valence-corrected chi connectivity index (χ1v) is 6.78. The maximum atomic E-state index is 11.0. The summed E-state index contributed by atoms with van der Waals surface area (Å²) in [4.78, 5) is 13.2. The number of hydrogen-bond donors (Lipinski definition) is 2. The number of nitrogens with two attached hydrogens (primary N) is 1. The van der Waals surface area contributed by atoms with Crippen LogP contribution in [-0.4, -0.2) is 5.91 Å². The molecule has 98 valence electrons. The van der Waals surface area contributed by atoms with Crippen LogP contribution in [0.15, 0.2) is 52.3 Å². The molecule has 19 heavy (non-hydrogen) atoms. The van der Waals surface area contributed by atoms with Gasteiger partial charge in [-0.3, -0.25) is 4.79 Å². The van der Waals surface area contributed by atoms with Crippen molar-refractivity contribution in [3.05, 3.63) is 48.0 Å². The minimum atomic E-state index is -0.120. The van der Waals surface area contributed by atoms with Gasteiger partial charge in [0.05, 0.1) is 11.4 Å². The Morgan fingerprint density at radius 3 is 2.32 bits per heavy atom. The van der Waals surface area contributed by atoms with Gasteiger partial charge in [-0.05, 0) is 37.3 Å². The van der Waals surface area contributed by atoms with Gasteiger partial charge in [0.15, 0.2) is 0 Å². The van der Waals surface area contributed by atoms with Gasteiger partial charge < -0.3 is 11.1 Å².